The van der Waals surface area contributed by atoms with Gasteiger partial charge in [-0.1, -0.05) is 44.0 Å². The molecule has 1 unspecified atom stereocenters. The zero-order chi connectivity index (χ0) is 23.3. The molecular weight excluding hydrogens is 412 g/mol. The van der Waals surface area contributed by atoms with E-state index in [0.29, 0.717) is 12.5 Å². The van der Waals surface area contributed by atoms with Crippen molar-refractivity contribution in [2.75, 3.05) is 20.3 Å². The molecule has 0 saturated heterocycles. The second kappa shape index (κ2) is 14.1. The van der Waals surface area contributed by atoms with Gasteiger partial charge in [-0.3, -0.25) is 0 Å². The van der Waals surface area contributed by atoms with E-state index in [4.69, 9.17) is 14.2 Å². The van der Waals surface area contributed by atoms with E-state index < -0.39 is 0 Å². The van der Waals surface area contributed by atoms with Crippen molar-refractivity contribution in [2.45, 2.75) is 64.2 Å². The molecule has 3 rings (SSSR count). The van der Waals surface area contributed by atoms with Gasteiger partial charge in [-0.25, -0.2) is 0 Å². The minimum Gasteiger partial charge on any atom is -0.462 e. The summed E-state index contributed by atoms with van der Waals surface area (Å²) in [5.74, 6) is 3.41. The Morgan fingerprint density at radius 3 is 2.06 bits per heavy atom. The summed E-state index contributed by atoms with van der Waals surface area (Å²) >= 11 is 0. The topological polar surface area (TPSA) is 47.9 Å². The first kappa shape index (κ1) is 25.3. The van der Waals surface area contributed by atoms with E-state index in [0.717, 1.165) is 30.3 Å². The molecule has 0 radical (unpaired) electrons. The van der Waals surface area contributed by atoms with Crippen molar-refractivity contribution in [3.8, 4) is 11.5 Å². The van der Waals surface area contributed by atoms with Crippen LogP contribution in [-0.4, -0.2) is 25.4 Å². The molecule has 0 amide bonds. The molecule has 0 spiro atoms. The highest BCUT2D eigenvalue weighted by molar-refractivity contribution is 5.30. The number of ether oxygens (including phenoxy) is 3. The van der Waals surface area contributed by atoms with Crippen LogP contribution in [0.25, 0.3) is 0 Å². The first-order valence-electron chi connectivity index (χ1n) is 12.5. The van der Waals surface area contributed by atoms with Gasteiger partial charge in [0.15, 0.2) is 0 Å². The Balaban J connectivity index is 1.39. The highest BCUT2D eigenvalue weighted by atomic mass is 16.5. The first-order valence-corrected chi connectivity index (χ1v) is 12.5. The fraction of sp³-hybridized carbons (Fsp3) is 0.517. The number of aliphatic hydroxyl groups excluding tert-OH is 1. The van der Waals surface area contributed by atoms with E-state index in [9.17, 15) is 5.11 Å². The van der Waals surface area contributed by atoms with E-state index in [2.05, 4.69) is 43.3 Å². The molecule has 0 bridgehead atoms. The van der Waals surface area contributed by atoms with Gasteiger partial charge in [0.2, 0.25) is 0 Å². The van der Waals surface area contributed by atoms with Gasteiger partial charge < -0.3 is 19.3 Å². The number of aryl methyl sites for hydroxylation is 1. The van der Waals surface area contributed by atoms with Crippen molar-refractivity contribution in [3.63, 3.8) is 0 Å². The molecule has 2 aromatic carbocycles. The molecule has 4 heteroatoms. The van der Waals surface area contributed by atoms with Crippen molar-refractivity contribution in [1.82, 2.24) is 0 Å². The Morgan fingerprint density at radius 2 is 1.52 bits per heavy atom. The molecule has 1 aliphatic carbocycles. The molecule has 1 atom stereocenters. The number of hydrogen-bond acceptors (Lipinski definition) is 4. The standard InChI is InChI=1S/C29H40O4/c1-3-4-23-7-11-26(12-8-23)27-13-17-29(18-14-27)33-20-19-32-28-15-9-24(10-16-28)5-6-25(21-30)22-31-2/h9-10,13-20,23,25-26,30H,3-8,11-12,21-22H2,1-2H3/b20-19-. The zero-order valence-corrected chi connectivity index (χ0v) is 20.2. The second-order valence-electron chi connectivity index (χ2n) is 9.27. The fourth-order valence-electron chi connectivity index (χ4n) is 4.79. The van der Waals surface area contributed by atoms with Crippen LogP contribution in [0.15, 0.2) is 61.1 Å². The summed E-state index contributed by atoms with van der Waals surface area (Å²) in [6.07, 6.45) is 13.0. The van der Waals surface area contributed by atoms with Gasteiger partial charge in [-0.15, -0.1) is 0 Å². The molecule has 1 aliphatic rings. The molecule has 1 N–H and O–H groups in total. The lowest BCUT2D eigenvalue weighted by Gasteiger charge is -2.28. The van der Waals surface area contributed by atoms with Gasteiger partial charge in [-0.2, -0.15) is 0 Å². The number of aliphatic hydroxyl groups is 1. The zero-order valence-electron chi connectivity index (χ0n) is 20.2. The van der Waals surface area contributed by atoms with E-state index in [1.165, 1.54) is 49.7 Å². The Hall–Kier alpha value is -2.30. The lowest BCUT2D eigenvalue weighted by molar-refractivity contribution is 0.105. The van der Waals surface area contributed by atoms with Gasteiger partial charge in [0.05, 0.1) is 6.61 Å². The Labute approximate surface area is 199 Å². The van der Waals surface area contributed by atoms with Crippen LogP contribution in [0.3, 0.4) is 0 Å². The van der Waals surface area contributed by atoms with Gasteiger partial charge >= 0.3 is 0 Å². The van der Waals surface area contributed by atoms with E-state index in [-0.39, 0.29) is 12.5 Å². The van der Waals surface area contributed by atoms with Crippen LogP contribution in [0.1, 0.15) is 68.9 Å². The summed E-state index contributed by atoms with van der Waals surface area (Å²) < 4.78 is 16.5. The fourth-order valence-corrected chi connectivity index (χ4v) is 4.79. The molecule has 1 fully saturated rings. The predicted octanol–water partition coefficient (Wildman–Crippen LogP) is 6.88. The summed E-state index contributed by atoms with van der Waals surface area (Å²) in [6, 6.07) is 16.5. The normalized spacial score (nSPS) is 19.5. The molecule has 1 saturated carbocycles. The van der Waals surface area contributed by atoms with Crippen LogP contribution in [0.4, 0.5) is 0 Å². The number of hydrogen-bond donors (Lipinski definition) is 1. The molecule has 33 heavy (non-hydrogen) atoms. The molecule has 2 aromatic rings. The van der Waals surface area contributed by atoms with Crippen molar-refractivity contribution in [3.05, 3.63) is 72.2 Å². The lowest BCUT2D eigenvalue weighted by Crippen LogP contribution is -2.13. The molecule has 0 heterocycles. The van der Waals surface area contributed by atoms with Crippen LogP contribution >= 0.6 is 0 Å². The van der Waals surface area contributed by atoms with Gasteiger partial charge in [0, 0.05) is 19.6 Å². The summed E-state index contributed by atoms with van der Waals surface area (Å²) in [6.45, 7) is 3.04. The third kappa shape index (κ3) is 8.53. The summed E-state index contributed by atoms with van der Waals surface area (Å²) in [5.41, 5.74) is 2.65. The van der Waals surface area contributed by atoms with E-state index in [1.807, 2.05) is 12.1 Å². The van der Waals surface area contributed by atoms with Crippen LogP contribution in [0, 0.1) is 11.8 Å². The van der Waals surface area contributed by atoms with Crippen LogP contribution in [0.5, 0.6) is 11.5 Å². The molecule has 0 aliphatic heterocycles. The van der Waals surface area contributed by atoms with Crippen LogP contribution < -0.4 is 9.47 Å². The van der Waals surface area contributed by atoms with Gasteiger partial charge in [0.1, 0.15) is 24.0 Å². The van der Waals surface area contributed by atoms with E-state index in [1.54, 1.807) is 19.6 Å². The monoisotopic (exact) mass is 452 g/mol. The highest BCUT2D eigenvalue weighted by Crippen LogP contribution is 2.37. The summed E-state index contributed by atoms with van der Waals surface area (Å²) in [7, 11) is 1.67. The lowest BCUT2D eigenvalue weighted by atomic mass is 9.77. The van der Waals surface area contributed by atoms with Gasteiger partial charge in [0.25, 0.3) is 0 Å². The largest absolute Gasteiger partial charge is 0.462 e. The van der Waals surface area contributed by atoms with Crippen molar-refractivity contribution >= 4 is 0 Å². The van der Waals surface area contributed by atoms with Crippen molar-refractivity contribution in [1.29, 1.82) is 0 Å². The summed E-state index contributed by atoms with van der Waals surface area (Å²) in [5, 5.41) is 9.36. The predicted molar refractivity (Wildman–Crippen MR) is 134 cm³/mol. The molecule has 4 nitrogen and oxygen atoms in total. The third-order valence-electron chi connectivity index (χ3n) is 6.78. The smallest absolute Gasteiger partial charge is 0.126 e. The second-order valence-corrected chi connectivity index (χ2v) is 9.27. The maximum atomic E-state index is 9.36. The maximum absolute atomic E-state index is 9.36. The summed E-state index contributed by atoms with van der Waals surface area (Å²) in [4.78, 5) is 0. The quantitative estimate of drug-likeness (QED) is 0.337. The molecule has 0 aromatic heterocycles. The minimum atomic E-state index is 0.155. The van der Waals surface area contributed by atoms with Crippen molar-refractivity contribution < 1.29 is 19.3 Å². The average molecular weight is 453 g/mol. The number of rotatable bonds is 13. The third-order valence-corrected chi connectivity index (χ3v) is 6.78. The molecular formula is C29H40O4. The SMILES string of the molecule is CCCC1CCC(c2ccc(O/C=C\Oc3ccc(CCC(CO)COC)cc3)cc2)CC1. The van der Waals surface area contributed by atoms with Crippen LogP contribution in [0.2, 0.25) is 0 Å². The van der Waals surface area contributed by atoms with Crippen molar-refractivity contribution in [2.24, 2.45) is 11.8 Å². The first-order chi connectivity index (χ1) is 16.2. The Kier molecular flexibility index (Phi) is 10.8. The molecule has 180 valence electrons. The number of benzene rings is 2. The Morgan fingerprint density at radius 1 is 0.909 bits per heavy atom. The highest BCUT2D eigenvalue weighted by Gasteiger charge is 2.21. The van der Waals surface area contributed by atoms with Crippen LogP contribution in [-0.2, 0) is 11.2 Å². The minimum absolute atomic E-state index is 0.155. The van der Waals surface area contributed by atoms with Gasteiger partial charge in [-0.05, 0) is 85.8 Å². The van der Waals surface area contributed by atoms with E-state index >= 15 is 0 Å². The number of methoxy groups -OCH3 is 1. The average Bonchev–Trinajstić information content (AvgIpc) is 2.86. The maximum Gasteiger partial charge on any atom is 0.126 e. The Bertz CT molecular complexity index is 805.